The van der Waals surface area contributed by atoms with Crippen molar-refractivity contribution in [2.45, 2.75) is 0 Å². The Morgan fingerprint density at radius 2 is 2.17 bits per heavy atom. The third kappa shape index (κ3) is 1.19. The van der Waals surface area contributed by atoms with Crippen LogP contribution in [0.4, 0.5) is 10.1 Å². The molecule has 0 bridgehead atoms. The molecule has 1 heterocycles. The fourth-order valence-electron chi connectivity index (χ4n) is 1.05. The van der Waals surface area contributed by atoms with Gasteiger partial charge in [-0.05, 0) is 40.8 Å². The van der Waals surface area contributed by atoms with Gasteiger partial charge in [-0.2, -0.15) is 0 Å². The first-order valence-electron chi connectivity index (χ1n) is 3.31. The molecule has 0 aliphatic carbocycles. The monoisotopic (exact) mass is 293 g/mol. The maximum atomic E-state index is 13.3. The van der Waals surface area contributed by atoms with Crippen molar-refractivity contribution in [2.75, 3.05) is 5.73 Å². The molecule has 2 aromatic rings. The number of fused-ring (bicyclic) bond motifs is 1. The summed E-state index contributed by atoms with van der Waals surface area (Å²) in [4.78, 5) is 0. The van der Waals surface area contributed by atoms with Crippen molar-refractivity contribution in [3.63, 3.8) is 0 Å². The lowest BCUT2D eigenvalue weighted by molar-refractivity contribution is 0.638. The molecule has 0 spiro atoms. The van der Waals surface area contributed by atoms with Crippen LogP contribution in [0.5, 0.6) is 0 Å². The van der Waals surface area contributed by atoms with E-state index in [1.807, 2.05) is 22.6 Å². The maximum absolute atomic E-state index is 13.3. The quantitative estimate of drug-likeness (QED) is 0.586. The van der Waals surface area contributed by atoms with Gasteiger partial charge >= 0.3 is 0 Å². The molecule has 2 rings (SSSR count). The van der Waals surface area contributed by atoms with E-state index in [9.17, 15) is 4.39 Å². The summed E-state index contributed by atoms with van der Waals surface area (Å²) >= 11 is 3.42. The van der Waals surface area contributed by atoms with Crippen LogP contribution >= 0.6 is 33.9 Å². The number of anilines is 1. The van der Waals surface area contributed by atoms with E-state index in [1.54, 1.807) is 18.2 Å². The normalized spacial score (nSPS) is 10.8. The van der Waals surface area contributed by atoms with Gasteiger partial charge in [-0.25, -0.2) is 4.39 Å². The first kappa shape index (κ1) is 8.25. The van der Waals surface area contributed by atoms with Crippen molar-refractivity contribution in [3.05, 3.63) is 26.9 Å². The lowest BCUT2D eigenvalue weighted by Crippen LogP contribution is -1.81. The summed E-state index contributed by atoms with van der Waals surface area (Å²) in [5.74, 6) is -0.129. The largest absolute Gasteiger partial charge is 0.399 e. The lowest BCUT2D eigenvalue weighted by atomic mass is 10.2. The Morgan fingerprint density at radius 3 is 2.92 bits per heavy atom. The molecule has 1 aromatic heterocycles. The summed E-state index contributed by atoms with van der Waals surface area (Å²) in [6, 6.07) is 5.23. The van der Waals surface area contributed by atoms with E-state index < -0.39 is 0 Å². The predicted octanol–water partition coefficient (Wildman–Crippen LogP) is 3.23. The summed E-state index contributed by atoms with van der Waals surface area (Å²) in [5.41, 5.74) is 6.25. The second-order valence-electron chi connectivity index (χ2n) is 2.45. The minimum atomic E-state index is -0.129. The Bertz CT molecular complexity index is 438. The summed E-state index contributed by atoms with van der Waals surface area (Å²) < 4.78 is 14.9. The summed E-state index contributed by atoms with van der Waals surface area (Å²) in [5, 5.41) is 0.665. The third-order valence-corrected chi connectivity index (χ3v) is 3.66. The van der Waals surface area contributed by atoms with Crippen LogP contribution in [-0.2, 0) is 0 Å². The zero-order valence-corrected chi connectivity index (χ0v) is 8.95. The van der Waals surface area contributed by atoms with E-state index in [2.05, 4.69) is 0 Å². The minimum Gasteiger partial charge on any atom is -0.399 e. The van der Waals surface area contributed by atoms with Crippen molar-refractivity contribution in [3.8, 4) is 0 Å². The smallest absolute Gasteiger partial charge is 0.155 e. The molecule has 0 unspecified atom stereocenters. The van der Waals surface area contributed by atoms with Crippen LogP contribution < -0.4 is 5.73 Å². The van der Waals surface area contributed by atoms with E-state index >= 15 is 0 Å². The number of rotatable bonds is 0. The van der Waals surface area contributed by atoms with Crippen molar-refractivity contribution in [1.82, 2.24) is 0 Å². The van der Waals surface area contributed by atoms with Crippen molar-refractivity contribution >= 4 is 49.7 Å². The Morgan fingerprint density at radius 1 is 1.42 bits per heavy atom. The fraction of sp³-hybridized carbons (Fsp3) is 0. The zero-order chi connectivity index (χ0) is 8.72. The predicted molar refractivity (Wildman–Crippen MR) is 58.9 cm³/mol. The average Bonchev–Trinajstić information content (AvgIpc) is 2.28. The van der Waals surface area contributed by atoms with E-state index in [1.165, 1.54) is 11.3 Å². The molecular formula is C8H5FINS. The van der Waals surface area contributed by atoms with Crippen molar-refractivity contribution in [1.29, 1.82) is 0 Å². The highest BCUT2D eigenvalue weighted by atomic mass is 127. The topological polar surface area (TPSA) is 26.0 Å². The number of nitrogens with two attached hydrogens (primary N) is 1. The molecule has 0 aliphatic heterocycles. The molecule has 4 heteroatoms. The third-order valence-electron chi connectivity index (χ3n) is 1.61. The zero-order valence-electron chi connectivity index (χ0n) is 5.97. The van der Waals surface area contributed by atoms with Crippen LogP contribution in [0, 0.1) is 8.70 Å². The molecule has 1 aromatic carbocycles. The maximum Gasteiger partial charge on any atom is 0.155 e. The van der Waals surface area contributed by atoms with Crippen LogP contribution in [0.1, 0.15) is 0 Å². The van der Waals surface area contributed by atoms with Gasteiger partial charge in [0.15, 0.2) is 5.82 Å². The number of nitrogen functional groups attached to an aromatic ring is 1. The van der Waals surface area contributed by atoms with E-state index in [-0.39, 0.29) is 5.82 Å². The van der Waals surface area contributed by atoms with Crippen LogP contribution in [0.3, 0.4) is 0 Å². The van der Waals surface area contributed by atoms with Crippen LogP contribution in [0.15, 0.2) is 18.2 Å². The molecule has 2 N–H and O–H groups in total. The number of hydrogen-bond donors (Lipinski definition) is 1. The second-order valence-corrected chi connectivity index (χ2v) is 5.31. The average molecular weight is 293 g/mol. The Kier molecular flexibility index (Phi) is 1.96. The first-order chi connectivity index (χ1) is 5.68. The van der Waals surface area contributed by atoms with Crippen LogP contribution in [0.2, 0.25) is 0 Å². The number of hydrogen-bond acceptors (Lipinski definition) is 2. The standard InChI is InChI=1S/C8H5FINS/c9-7-5-2-1-4(11)3-6(5)12-8(7)10/h1-3H,11H2. The molecule has 0 saturated heterocycles. The highest BCUT2D eigenvalue weighted by Gasteiger charge is 2.08. The molecule has 12 heavy (non-hydrogen) atoms. The highest BCUT2D eigenvalue weighted by Crippen LogP contribution is 2.31. The molecule has 1 nitrogen and oxygen atoms in total. The second kappa shape index (κ2) is 2.85. The van der Waals surface area contributed by atoms with E-state index in [0.717, 1.165) is 4.70 Å². The number of benzene rings is 1. The summed E-state index contributed by atoms with van der Waals surface area (Å²) in [7, 11) is 0. The van der Waals surface area contributed by atoms with Crippen LogP contribution in [-0.4, -0.2) is 0 Å². The molecule has 62 valence electrons. The Hall–Kier alpha value is -0.360. The highest BCUT2D eigenvalue weighted by molar-refractivity contribution is 14.1. The molecule has 0 aliphatic rings. The molecule has 0 fully saturated rings. The molecule has 0 saturated carbocycles. The Labute approximate surface area is 86.5 Å². The van der Waals surface area contributed by atoms with Gasteiger partial charge in [0.1, 0.15) is 2.88 Å². The number of halogens is 2. The van der Waals surface area contributed by atoms with Crippen molar-refractivity contribution < 1.29 is 4.39 Å². The van der Waals surface area contributed by atoms with Gasteiger partial charge in [-0.15, -0.1) is 11.3 Å². The summed E-state index contributed by atoms with van der Waals surface area (Å²) in [6.07, 6.45) is 0. The fourth-order valence-corrected chi connectivity index (χ4v) is 2.91. The van der Waals surface area contributed by atoms with Gasteiger partial charge in [0.05, 0.1) is 0 Å². The Balaban J connectivity index is 2.87. The lowest BCUT2D eigenvalue weighted by Gasteiger charge is -1.91. The van der Waals surface area contributed by atoms with E-state index in [0.29, 0.717) is 14.0 Å². The van der Waals surface area contributed by atoms with Gasteiger partial charge in [0.25, 0.3) is 0 Å². The van der Waals surface area contributed by atoms with Gasteiger partial charge in [-0.1, -0.05) is 0 Å². The van der Waals surface area contributed by atoms with Crippen molar-refractivity contribution in [2.24, 2.45) is 0 Å². The molecular weight excluding hydrogens is 288 g/mol. The van der Waals surface area contributed by atoms with Gasteiger partial charge in [-0.3, -0.25) is 0 Å². The first-order valence-corrected chi connectivity index (χ1v) is 5.21. The molecule has 0 amide bonds. The minimum absolute atomic E-state index is 0.129. The molecule has 0 atom stereocenters. The van der Waals surface area contributed by atoms with Gasteiger partial charge in [0, 0.05) is 15.8 Å². The van der Waals surface area contributed by atoms with Crippen LogP contribution in [0.25, 0.3) is 10.1 Å². The molecule has 0 radical (unpaired) electrons. The van der Waals surface area contributed by atoms with Gasteiger partial charge < -0.3 is 5.73 Å². The van der Waals surface area contributed by atoms with E-state index in [4.69, 9.17) is 5.73 Å². The summed E-state index contributed by atoms with van der Waals surface area (Å²) in [6.45, 7) is 0. The SMILES string of the molecule is Nc1ccc2c(F)c(I)sc2c1. The number of thiophene rings is 1. The van der Waals surface area contributed by atoms with Gasteiger partial charge in [0.2, 0.25) is 0 Å².